The summed E-state index contributed by atoms with van der Waals surface area (Å²) in [6, 6.07) is 0. The van der Waals surface area contributed by atoms with Gasteiger partial charge in [-0.2, -0.15) is 0 Å². The van der Waals surface area contributed by atoms with Gasteiger partial charge in [0, 0.05) is 6.42 Å². The van der Waals surface area contributed by atoms with Gasteiger partial charge in [-0.15, -0.1) is 0 Å². The Balaban J connectivity index is 1.99. The van der Waals surface area contributed by atoms with Crippen LogP contribution in [0.15, 0.2) is 0 Å². The molecule has 5 atom stereocenters. The largest absolute Gasteiger partial charge is 0.382 e. The van der Waals surface area contributed by atoms with Crippen LogP contribution in [0.25, 0.3) is 0 Å². The first kappa shape index (κ1) is 16.5. The maximum Gasteiger partial charge on any atom is 0.164 e. The van der Waals surface area contributed by atoms with Gasteiger partial charge in [-0.25, -0.2) is 0 Å². The Labute approximate surface area is 136 Å². The molecule has 3 rings (SSSR count). The van der Waals surface area contributed by atoms with Crippen LogP contribution < -0.4 is 0 Å². The van der Waals surface area contributed by atoms with Gasteiger partial charge in [0.2, 0.25) is 0 Å². The van der Waals surface area contributed by atoms with Crippen LogP contribution in [0.1, 0.15) is 79.6 Å². The molecule has 2 nitrogen and oxygen atoms in total. The number of aliphatic hydroxyl groups is 1. The molecule has 1 N–H and O–H groups in total. The van der Waals surface area contributed by atoms with E-state index >= 15 is 0 Å². The second kappa shape index (κ2) is 5.06. The molecule has 0 aliphatic heterocycles. The standard InChI is InChI=1S/C20H34O2/c1-13(2)20(22)15-7-9-16-18(3,4)11-6-12-19(16,5)14(15)8-10-17(20)21/h13-16,22H,6-12H2,1-5H3/t14-,15+,16-,19+,20-/m0/s1. The average Bonchev–Trinajstić information content (AvgIpc) is 2.41. The van der Waals surface area contributed by atoms with Crippen molar-refractivity contribution in [2.45, 2.75) is 85.2 Å². The van der Waals surface area contributed by atoms with Gasteiger partial charge < -0.3 is 5.11 Å². The second-order valence-electron chi connectivity index (χ2n) is 9.63. The van der Waals surface area contributed by atoms with Crippen LogP contribution >= 0.6 is 0 Å². The first-order valence-corrected chi connectivity index (χ1v) is 9.39. The fourth-order valence-corrected chi connectivity index (χ4v) is 6.84. The lowest BCUT2D eigenvalue weighted by molar-refractivity contribution is -0.192. The summed E-state index contributed by atoms with van der Waals surface area (Å²) in [7, 11) is 0. The van der Waals surface area contributed by atoms with Crippen molar-refractivity contribution in [3.05, 3.63) is 0 Å². The number of fused-ring (bicyclic) bond motifs is 3. The number of hydrogen-bond acceptors (Lipinski definition) is 2. The lowest BCUT2D eigenvalue weighted by atomic mass is 9.42. The van der Waals surface area contributed by atoms with E-state index in [1.807, 2.05) is 13.8 Å². The smallest absolute Gasteiger partial charge is 0.164 e. The van der Waals surface area contributed by atoms with E-state index in [1.54, 1.807) is 0 Å². The quantitative estimate of drug-likeness (QED) is 0.769. The molecule has 2 heteroatoms. The highest BCUT2D eigenvalue weighted by Crippen LogP contribution is 2.65. The highest BCUT2D eigenvalue weighted by Gasteiger charge is 2.62. The molecule has 0 unspecified atom stereocenters. The van der Waals surface area contributed by atoms with E-state index in [1.165, 1.54) is 25.7 Å². The molecule has 0 saturated heterocycles. The summed E-state index contributed by atoms with van der Waals surface area (Å²) in [4.78, 5) is 12.6. The van der Waals surface area contributed by atoms with Crippen molar-refractivity contribution in [2.24, 2.45) is 34.5 Å². The third-order valence-electron chi connectivity index (χ3n) is 7.95. The van der Waals surface area contributed by atoms with Crippen molar-refractivity contribution < 1.29 is 9.90 Å². The van der Waals surface area contributed by atoms with Crippen LogP contribution in [0.3, 0.4) is 0 Å². The summed E-state index contributed by atoms with van der Waals surface area (Å²) in [6.07, 6.45) is 7.72. The molecule has 3 aliphatic rings. The fourth-order valence-electron chi connectivity index (χ4n) is 6.84. The Kier molecular flexibility index (Phi) is 3.79. The molecule has 0 spiro atoms. The third-order valence-corrected chi connectivity index (χ3v) is 7.95. The van der Waals surface area contributed by atoms with Gasteiger partial charge in [-0.1, -0.05) is 41.0 Å². The number of ketones is 1. The van der Waals surface area contributed by atoms with E-state index in [0.29, 0.717) is 23.2 Å². The maximum absolute atomic E-state index is 12.6. The molecule has 22 heavy (non-hydrogen) atoms. The van der Waals surface area contributed by atoms with Crippen molar-refractivity contribution in [1.82, 2.24) is 0 Å². The summed E-state index contributed by atoms with van der Waals surface area (Å²) >= 11 is 0. The highest BCUT2D eigenvalue weighted by atomic mass is 16.3. The Morgan fingerprint density at radius 3 is 2.36 bits per heavy atom. The van der Waals surface area contributed by atoms with E-state index in [9.17, 15) is 9.90 Å². The minimum Gasteiger partial charge on any atom is -0.382 e. The zero-order valence-corrected chi connectivity index (χ0v) is 15.1. The molecule has 0 aromatic carbocycles. The van der Waals surface area contributed by atoms with Crippen LogP contribution in [0.5, 0.6) is 0 Å². The van der Waals surface area contributed by atoms with E-state index in [-0.39, 0.29) is 17.6 Å². The molecule has 0 amide bonds. The molecule has 126 valence electrons. The average molecular weight is 306 g/mol. The van der Waals surface area contributed by atoms with Crippen LogP contribution in [-0.2, 0) is 4.79 Å². The Hall–Kier alpha value is -0.370. The van der Waals surface area contributed by atoms with Crippen LogP contribution in [-0.4, -0.2) is 16.5 Å². The second-order valence-corrected chi connectivity index (χ2v) is 9.63. The van der Waals surface area contributed by atoms with Crippen molar-refractivity contribution in [1.29, 1.82) is 0 Å². The minimum absolute atomic E-state index is 0.0320. The number of Topliss-reactive ketones (excluding diaryl/α,β-unsaturated/α-hetero) is 1. The van der Waals surface area contributed by atoms with Crippen molar-refractivity contribution in [3.8, 4) is 0 Å². The van der Waals surface area contributed by atoms with Gasteiger partial charge in [0.05, 0.1) is 0 Å². The molecule has 0 aromatic heterocycles. The van der Waals surface area contributed by atoms with E-state index in [2.05, 4.69) is 20.8 Å². The molecule has 3 saturated carbocycles. The third kappa shape index (κ3) is 2.05. The summed E-state index contributed by atoms with van der Waals surface area (Å²) in [5.74, 6) is 1.60. The summed E-state index contributed by atoms with van der Waals surface area (Å²) in [6.45, 7) is 11.4. The molecular weight excluding hydrogens is 272 g/mol. The number of rotatable bonds is 1. The summed E-state index contributed by atoms with van der Waals surface area (Å²) < 4.78 is 0. The first-order chi connectivity index (χ1) is 10.1. The van der Waals surface area contributed by atoms with E-state index in [0.717, 1.165) is 18.8 Å². The fraction of sp³-hybridized carbons (Fsp3) is 0.950. The molecule has 0 aromatic rings. The van der Waals surface area contributed by atoms with Gasteiger partial charge in [-0.3, -0.25) is 4.79 Å². The van der Waals surface area contributed by atoms with Crippen molar-refractivity contribution in [2.75, 3.05) is 0 Å². The number of carbonyl (C=O) groups is 1. The van der Waals surface area contributed by atoms with Crippen molar-refractivity contribution >= 4 is 5.78 Å². The SMILES string of the molecule is CC(C)[C@@]1(O)C(=O)CC[C@H]2[C@H]1CC[C@H]1C(C)(C)CCC[C@]21C. The van der Waals surface area contributed by atoms with Crippen LogP contribution in [0.4, 0.5) is 0 Å². The predicted octanol–water partition coefficient (Wildman–Crippen LogP) is 4.60. The lowest BCUT2D eigenvalue weighted by Gasteiger charge is -2.63. The van der Waals surface area contributed by atoms with Gasteiger partial charge in [0.15, 0.2) is 5.78 Å². The first-order valence-electron chi connectivity index (χ1n) is 9.39. The topological polar surface area (TPSA) is 37.3 Å². The van der Waals surface area contributed by atoms with E-state index in [4.69, 9.17) is 0 Å². The highest BCUT2D eigenvalue weighted by molar-refractivity contribution is 5.88. The van der Waals surface area contributed by atoms with Gasteiger partial charge >= 0.3 is 0 Å². The van der Waals surface area contributed by atoms with Crippen molar-refractivity contribution in [3.63, 3.8) is 0 Å². The maximum atomic E-state index is 12.6. The summed E-state index contributed by atoms with van der Waals surface area (Å²) in [5, 5.41) is 11.3. The van der Waals surface area contributed by atoms with Gasteiger partial charge in [0.1, 0.15) is 5.60 Å². The molecule has 0 bridgehead atoms. The summed E-state index contributed by atoms with van der Waals surface area (Å²) in [5.41, 5.74) is -0.345. The zero-order chi connectivity index (χ0) is 16.3. The molecular formula is C20H34O2. The lowest BCUT2D eigenvalue weighted by Crippen LogP contribution is -2.63. The minimum atomic E-state index is -1.07. The predicted molar refractivity (Wildman–Crippen MR) is 89.5 cm³/mol. The van der Waals surface area contributed by atoms with Gasteiger partial charge in [0.25, 0.3) is 0 Å². The number of carbonyl (C=O) groups excluding carboxylic acids is 1. The molecule has 0 radical (unpaired) electrons. The van der Waals surface area contributed by atoms with Crippen LogP contribution in [0.2, 0.25) is 0 Å². The molecule has 3 fully saturated rings. The Morgan fingerprint density at radius 1 is 1.05 bits per heavy atom. The Bertz CT molecular complexity index is 466. The molecule has 0 heterocycles. The zero-order valence-electron chi connectivity index (χ0n) is 15.1. The molecule has 3 aliphatic carbocycles. The monoisotopic (exact) mass is 306 g/mol. The normalized spacial score (nSPS) is 48.0. The van der Waals surface area contributed by atoms with Crippen LogP contribution in [0, 0.1) is 34.5 Å². The van der Waals surface area contributed by atoms with Gasteiger partial charge in [-0.05, 0) is 66.6 Å². The van der Waals surface area contributed by atoms with E-state index < -0.39 is 5.60 Å². The number of hydrogen-bond donors (Lipinski definition) is 1. The Morgan fingerprint density at radius 2 is 1.73 bits per heavy atom.